The molecule has 0 aliphatic carbocycles. The van der Waals surface area contributed by atoms with Gasteiger partial charge in [-0.05, 0) is 43.4 Å². The molecule has 0 aliphatic heterocycles. The molecule has 2 rings (SSSR count). The lowest BCUT2D eigenvalue weighted by Gasteiger charge is -2.22. The lowest BCUT2D eigenvalue weighted by molar-refractivity contribution is 0.0931. The van der Waals surface area contributed by atoms with Crippen molar-refractivity contribution >= 4 is 5.91 Å². The summed E-state index contributed by atoms with van der Waals surface area (Å²) in [6.45, 7) is 8.35. The third-order valence-electron chi connectivity index (χ3n) is 3.85. The van der Waals surface area contributed by atoms with Gasteiger partial charge in [0.25, 0.3) is 5.91 Å². The van der Waals surface area contributed by atoms with Gasteiger partial charge < -0.3 is 5.32 Å². The number of benzene rings is 2. The van der Waals surface area contributed by atoms with E-state index in [0.717, 1.165) is 28.7 Å². The summed E-state index contributed by atoms with van der Waals surface area (Å²) >= 11 is 0. The molecule has 0 fully saturated rings. The van der Waals surface area contributed by atoms with Gasteiger partial charge in [-0.2, -0.15) is 0 Å². The van der Waals surface area contributed by atoms with Crippen LogP contribution in [0.5, 0.6) is 0 Å². The van der Waals surface area contributed by atoms with Gasteiger partial charge >= 0.3 is 0 Å². The molecule has 2 heteroatoms. The van der Waals surface area contributed by atoms with E-state index in [1.165, 1.54) is 0 Å². The maximum absolute atomic E-state index is 12.7. The topological polar surface area (TPSA) is 29.1 Å². The molecule has 0 aromatic heterocycles. The molecule has 1 atom stereocenters. The predicted octanol–water partition coefficient (Wildman–Crippen LogP) is 4.82. The van der Waals surface area contributed by atoms with Gasteiger partial charge in [0.05, 0.1) is 6.04 Å². The second kappa shape index (κ2) is 7.26. The normalized spacial score (nSPS) is 12.2. The predicted molar refractivity (Wildman–Crippen MR) is 92.0 cm³/mol. The standard InChI is InChI=1S/C20H25NO/c1-14(2)12-19(17-8-6-5-7-9-17)21-20(22)18-13-15(3)10-11-16(18)4/h5-11,13-14,19H,12H2,1-4H3,(H,21,22)/t19-/m0/s1. The third-order valence-corrected chi connectivity index (χ3v) is 3.85. The van der Waals surface area contributed by atoms with E-state index in [-0.39, 0.29) is 11.9 Å². The molecular weight excluding hydrogens is 270 g/mol. The van der Waals surface area contributed by atoms with E-state index in [2.05, 4.69) is 31.3 Å². The van der Waals surface area contributed by atoms with Crippen LogP contribution in [0.25, 0.3) is 0 Å². The Kier molecular flexibility index (Phi) is 5.37. The van der Waals surface area contributed by atoms with E-state index in [1.54, 1.807) is 0 Å². The molecule has 2 aromatic carbocycles. The molecule has 0 heterocycles. The van der Waals surface area contributed by atoms with Gasteiger partial charge in [0.15, 0.2) is 0 Å². The third kappa shape index (κ3) is 4.20. The Morgan fingerprint density at radius 3 is 2.36 bits per heavy atom. The summed E-state index contributed by atoms with van der Waals surface area (Å²) in [7, 11) is 0. The zero-order chi connectivity index (χ0) is 16.1. The minimum atomic E-state index is 0.00991. The molecule has 0 unspecified atom stereocenters. The van der Waals surface area contributed by atoms with Gasteiger partial charge in [-0.15, -0.1) is 0 Å². The highest BCUT2D eigenvalue weighted by molar-refractivity contribution is 5.96. The Hall–Kier alpha value is -2.09. The fraction of sp³-hybridized carbons (Fsp3) is 0.350. The van der Waals surface area contributed by atoms with Crippen molar-refractivity contribution in [3.05, 3.63) is 70.8 Å². The van der Waals surface area contributed by atoms with Crippen LogP contribution in [0.15, 0.2) is 48.5 Å². The van der Waals surface area contributed by atoms with E-state index in [9.17, 15) is 4.79 Å². The molecule has 2 aromatic rings. The molecule has 2 nitrogen and oxygen atoms in total. The van der Waals surface area contributed by atoms with Crippen molar-refractivity contribution in [1.29, 1.82) is 0 Å². The molecular formula is C20H25NO. The second-order valence-electron chi connectivity index (χ2n) is 6.38. The monoisotopic (exact) mass is 295 g/mol. The Morgan fingerprint density at radius 2 is 1.73 bits per heavy atom. The number of aryl methyl sites for hydroxylation is 2. The SMILES string of the molecule is Cc1ccc(C)c(C(=O)N[C@@H](CC(C)C)c2ccccc2)c1. The van der Waals surface area contributed by atoms with Crippen molar-refractivity contribution in [2.75, 3.05) is 0 Å². The summed E-state index contributed by atoms with van der Waals surface area (Å²) in [4.78, 5) is 12.7. The van der Waals surface area contributed by atoms with Crippen LogP contribution in [0.1, 0.15) is 53.4 Å². The van der Waals surface area contributed by atoms with Gasteiger partial charge in [-0.3, -0.25) is 4.79 Å². The highest BCUT2D eigenvalue weighted by Gasteiger charge is 2.18. The molecule has 0 bridgehead atoms. The van der Waals surface area contributed by atoms with Crippen molar-refractivity contribution in [2.24, 2.45) is 5.92 Å². The molecule has 0 aliphatic rings. The number of carbonyl (C=O) groups is 1. The summed E-state index contributed by atoms with van der Waals surface area (Å²) in [5, 5.41) is 3.21. The quantitative estimate of drug-likeness (QED) is 0.841. The molecule has 22 heavy (non-hydrogen) atoms. The average Bonchev–Trinajstić information content (AvgIpc) is 2.49. The second-order valence-corrected chi connectivity index (χ2v) is 6.38. The number of nitrogens with one attached hydrogen (secondary N) is 1. The summed E-state index contributed by atoms with van der Waals surface area (Å²) in [6.07, 6.45) is 0.931. The Labute approximate surface area is 133 Å². The zero-order valence-corrected chi connectivity index (χ0v) is 13.9. The summed E-state index contributed by atoms with van der Waals surface area (Å²) in [6, 6.07) is 16.3. The number of hydrogen-bond donors (Lipinski definition) is 1. The van der Waals surface area contributed by atoms with E-state index in [1.807, 2.05) is 50.2 Å². The van der Waals surface area contributed by atoms with E-state index >= 15 is 0 Å². The molecule has 116 valence electrons. The molecule has 0 spiro atoms. The molecule has 1 N–H and O–H groups in total. The van der Waals surface area contributed by atoms with Crippen LogP contribution < -0.4 is 5.32 Å². The Balaban J connectivity index is 2.23. The molecule has 0 saturated carbocycles. The van der Waals surface area contributed by atoms with Crippen LogP contribution in [0.2, 0.25) is 0 Å². The van der Waals surface area contributed by atoms with Gasteiger partial charge in [0.1, 0.15) is 0 Å². The Bertz CT molecular complexity index is 631. The van der Waals surface area contributed by atoms with Gasteiger partial charge in [0.2, 0.25) is 0 Å². The van der Waals surface area contributed by atoms with Crippen molar-refractivity contribution in [2.45, 2.75) is 40.2 Å². The van der Waals surface area contributed by atoms with Crippen LogP contribution in [0.4, 0.5) is 0 Å². The van der Waals surface area contributed by atoms with Crippen molar-refractivity contribution in [3.63, 3.8) is 0 Å². The first kappa shape index (κ1) is 16.3. The maximum Gasteiger partial charge on any atom is 0.252 e. The number of rotatable bonds is 5. The fourth-order valence-corrected chi connectivity index (χ4v) is 2.65. The van der Waals surface area contributed by atoms with Gasteiger partial charge in [-0.1, -0.05) is 61.9 Å². The Morgan fingerprint density at radius 1 is 1.05 bits per heavy atom. The summed E-state index contributed by atoms with van der Waals surface area (Å²) in [5.74, 6) is 0.528. The van der Waals surface area contributed by atoms with Gasteiger partial charge in [-0.25, -0.2) is 0 Å². The highest BCUT2D eigenvalue weighted by atomic mass is 16.1. The summed E-state index contributed by atoms with van der Waals surface area (Å²) in [5.41, 5.74) is 4.05. The first-order chi connectivity index (χ1) is 10.5. The zero-order valence-electron chi connectivity index (χ0n) is 13.9. The minimum absolute atomic E-state index is 0.00991. The van der Waals surface area contributed by atoms with Crippen molar-refractivity contribution in [3.8, 4) is 0 Å². The highest BCUT2D eigenvalue weighted by Crippen LogP contribution is 2.22. The van der Waals surface area contributed by atoms with E-state index in [0.29, 0.717) is 5.92 Å². The molecule has 0 radical (unpaired) electrons. The number of hydrogen-bond acceptors (Lipinski definition) is 1. The first-order valence-corrected chi connectivity index (χ1v) is 7.90. The van der Waals surface area contributed by atoms with E-state index < -0.39 is 0 Å². The molecule has 1 amide bonds. The first-order valence-electron chi connectivity index (χ1n) is 7.90. The van der Waals surface area contributed by atoms with Crippen molar-refractivity contribution in [1.82, 2.24) is 5.32 Å². The lowest BCUT2D eigenvalue weighted by atomic mass is 9.96. The van der Waals surface area contributed by atoms with Crippen LogP contribution in [-0.2, 0) is 0 Å². The fourth-order valence-electron chi connectivity index (χ4n) is 2.65. The number of carbonyl (C=O) groups excluding carboxylic acids is 1. The van der Waals surface area contributed by atoms with Crippen LogP contribution in [-0.4, -0.2) is 5.91 Å². The largest absolute Gasteiger partial charge is 0.345 e. The summed E-state index contributed by atoms with van der Waals surface area (Å²) < 4.78 is 0. The molecule has 0 saturated heterocycles. The van der Waals surface area contributed by atoms with Crippen molar-refractivity contribution < 1.29 is 4.79 Å². The average molecular weight is 295 g/mol. The van der Waals surface area contributed by atoms with Crippen LogP contribution in [0.3, 0.4) is 0 Å². The van der Waals surface area contributed by atoms with E-state index in [4.69, 9.17) is 0 Å². The van der Waals surface area contributed by atoms with Gasteiger partial charge in [0, 0.05) is 5.56 Å². The lowest BCUT2D eigenvalue weighted by Crippen LogP contribution is -2.30. The van der Waals surface area contributed by atoms with Crippen LogP contribution >= 0.6 is 0 Å². The maximum atomic E-state index is 12.7. The minimum Gasteiger partial charge on any atom is -0.345 e. The number of amides is 1. The smallest absolute Gasteiger partial charge is 0.252 e. The van der Waals surface area contributed by atoms with Crippen LogP contribution in [0, 0.1) is 19.8 Å².